The van der Waals surface area contributed by atoms with Gasteiger partial charge in [-0.25, -0.2) is 5.01 Å². The number of ether oxygens (including phenoxy) is 1. The monoisotopic (exact) mass is 360 g/mol. The van der Waals surface area contributed by atoms with Crippen LogP contribution in [0.25, 0.3) is 10.8 Å². The number of hydrazone groups is 1. The summed E-state index contributed by atoms with van der Waals surface area (Å²) in [5.41, 5.74) is 2.34. The fourth-order valence-electron chi connectivity index (χ4n) is 3.54. The average molecular weight is 360 g/mol. The first-order valence-electron chi connectivity index (χ1n) is 8.81. The molecule has 1 N–H and O–H groups in total. The maximum atomic E-state index is 12.2. The minimum absolute atomic E-state index is 0.133. The molecule has 0 aromatic heterocycles. The molecule has 1 atom stereocenters. The van der Waals surface area contributed by atoms with Gasteiger partial charge in [-0.3, -0.25) is 4.79 Å². The molecule has 136 valence electrons. The molecule has 0 saturated heterocycles. The lowest BCUT2D eigenvalue weighted by atomic mass is 9.96. The van der Waals surface area contributed by atoms with Gasteiger partial charge in [0.15, 0.2) is 0 Å². The van der Waals surface area contributed by atoms with Crippen molar-refractivity contribution in [2.24, 2.45) is 5.10 Å². The van der Waals surface area contributed by atoms with E-state index < -0.39 is 0 Å². The van der Waals surface area contributed by atoms with Gasteiger partial charge in [0.25, 0.3) is 0 Å². The number of carbonyl (C=O) groups excluding carboxylic acids is 1. The fourth-order valence-corrected chi connectivity index (χ4v) is 3.54. The number of benzene rings is 3. The molecule has 0 spiro atoms. The molecule has 0 radical (unpaired) electrons. The lowest BCUT2D eigenvalue weighted by Gasteiger charge is -2.20. The molecule has 27 heavy (non-hydrogen) atoms. The molecule has 1 heterocycles. The summed E-state index contributed by atoms with van der Waals surface area (Å²) in [5.74, 6) is 0.830. The number of hydrogen-bond donors (Lipinski definition) is 1. The largest absolute Gasteiger partial charge is 0.507 e. The smallest absolute Gasteiger partial charge is 0.240 e. The van der Waals surface area contributed by atoms with Crippen molar-refractivity contribution < 1.29 is 14.6 Å². The Morgan fingerprint density at radius 2 is 1.85 bits per heavy atom. The molecule has 0 bridgehead atoms. The molecule has 3 aromatic rings. The van der Waals surface area contributed by atoms with Crippen LogP contribution in [0.4, 0.5) is 0 Å². The van der Waals surface area contributed by atoms with Crippen LogP contribution in [0.5, 0.6) is 11.5 Å². The normalized spacial score (nSPS) is 16.4. The van der Waals surface area contributed by atoms with Gasteiger partial charge in [-0.05, 0) is 29.1 Å². The van der Waals surface area contributed by atoms with Crippen molar-refractivity contribution in [1.29, 1.82) is 0 Å². The predicted molar refractivity (Wildman–Crippen MR) is 105 cm³/mol. The molecule has 5 nitrogen and oxygen atoms in total. The van der Waals surface area contributed by atoms with Gasteiger partial charge in [-0.1, -0.05) is 42.5 Å². The second-order valence-corrected chi connectivity index (χ2v) is 6.59. The van der Waals surface area contributed by atoms with Crippen LogP contribution in [0.2, 0.25) is 0 Å². The first-order chi connectivity index (χ1) is 13.1. The van der Waals surface area contributed by atoms with Crippen LogP contribution in [0, 0.1) is 0 Å². The highest BCUT2D eigenvalue weighted by Crippen LogP contribution is 2.37. The summed E-state index contributed by atoms with van der Waals surface area (Å²) in [5, 5.41) is 18.5. The Morgan fingerprint density at radius 3 is 2.56 bits per heavy atom. The lowest BCUT2D eigenvalue weighted by Crippen LogP contribution is -2.24. The molecule has 0 saturated carbocycles. The summed E-state index contributed by atoms with van der Waals surface area (Å²) in [6, 6.07) is 18.9. The van der Waals surface area contributed by atoms with E-state index in [0.717, 1.165) is 22.1 Å². The summed E-state index contributed by atoms with van der Waals surface area (Å²) in [7, 11) is 1.62. The molecular formula is C22H20N2O3. The molecule has 3 aromatic carbocycles. The number of phenolic OH excluding ortho intramolecular Hbond substituents is 1. The van der Waals surface area contributed by atoms with Crippen molar-refractivity contribution in [3.05, 3.63) is 71.8 Å². The van der Waals surface area contributed by atoms with E-state index in [9.17, 15) is 9.90 Å². The molecule has 1 aliphatic rings. The van der Waals surface area contributed by atoms with Crippen molar-refractivity contribution in [3.8, 4) is 11.5 Å². The highest BCUT2D eigenvalue weighted by molar-refractivity contribution is 6.09. The third-order valence-corrected chi connectivity index (χ3v) is 4.95. The van der Waals surface area contributed by atoms with Crippen LogP contribution in [-0.2, 0) is 4.79 Å². The Morgan fingerprint density at radius 1 is 1.11 bits per heavy atom. The maximum absolute atomic E-state index is 12.2. The van der Waals surface area contributed by atoms with E-state index in [1.54, 1.807) is 7.11 Å². The number of rotatable bonds is 3. The van der Waals surface area contributed by atoms with Gasteiger partial charge in [0.05, 0.1) is 18.9 Å². The standard InChI is InChI=1S/C22H20N2O3/c1-14(25)24-21(16-7-10-17(27-2)11-8-16)13-20(23-24)19-12-9-15-5-3-4-6-18(15)22(19)26/h3-12,21,26H,13H2,1-2H3/t21-/m1/s1. The molecule has 1 amide bonds. The van der Waals surface area contributed by atoms with E-state index in [-0.39, 0.29) is 17.7 Å². The Hall–Kier alpha value is -3.34. The predicted octanol–water partition coefficient (Wildman–Crippen LogP) is 4.25. The van der Waals surface area contributed by atoms with Crippen molar-refractivity contribution in [2.45, 2.75) is 19.4 Å². The van der Waals surface area contributed by atoms with Gasteiger partial charge in [0, 0.05) is 24.3 Å². The summed E-state index contributed by atoms with van der Waals surface area (Å²) in [4.78, 5) is 12.2. The molecule has 0 unspecified atom stereocenters. The van der Waals surface area contributed by atoms with Crippen LogP contribution in [-0.4, -0.2) is 28.8 Å². The Labute approximate surface area is 157 Å². The second-order valence-electron chi connectivity index (χ2n) is 6.59. The third kappa shape index (κ3) is 3.01. The minimum atomic E-state index is -0.200. The SMILES string of the molecule is COc1ccc([C@H]2CC(c3ccc4ccccc4c3O)=NN2C(C)=O)cc1. The minimum Gasteiger partial charge on any atom is -0.507 e. The Balaban J connectivity index is 1.73. The zero-order chi connectivity index (χ0) is 19.0. The van der Waals surface area contributed by atoms with Gasteiger partial charge in [-0.15, -0.1) is 0 Å². The van der Waals surface area contributed by atoms with Crippen molar-refractivity contribution >= 4 is 22.4 Å². The highest BCUT2D eigenvalue weighted by Gasteiger charge is 2.32. The van der Waals surface area contributed by atoms with Crippen LogP contribution < -0.4 is 4.74 Å². The van der Waals surface area contributed by atoms with E-state index in [2.05, 4.69) is 5.10 Å². The van der Waals surface area contributed by atoms with Crippen LogP contribution in [0.1, 0.15) is 30.5 Å². The van der Waals surface area contributed by atoms with E-state index in [0.29, 0.717) is 17.7 Å². The number of hydrogen-bond acceptors (Lipinski definition) is 4. The van der Waals surface area contributed by atoms with E-state index in [4.69, 9.17) is 4.74 Å². The van der Waals surface area contributed by atoms with Crippen molar-refractivity contribution in [2.75, 3.05) is 7.11 Å². The van der Waals surface area contributed by atoms with Gasteiger partial charge >= 0.3 is 0 Å². The molecular weight excluding hydrogens is 340 g/mol. The van der Waals surface area contributed by atoms with Gasteiger partial charge in [0.1, 0.15) is 11.5 Å². The average Bonchev–Trinajstić information content (AvgIpc) is 3.14. The quantitative estimate of drug-likeness (QED) is 0.759. The molecule has 1 aliphatic heterocycles. The molecule has 4 rings (SSSR count). The molecule has 0 aliphatic carbocycles. The van der Waals surface area contributed by atoms with Crippen molar-refractivity contribution in [1.82, 2.24) is 5.01 Å². The maximum Gasteiger partial charge on any atom is 0.240 e. The summed E-state index contributed by atoms with van der Waals surface area (Å²) in [6.07, 6.45) is 0.539. The van der Waals surface area contributed by atoms with Crippen LogP contribution in [0.3, 0.4) is 0 Å². The fraction of sp³-hybridized carbons (Fsp3) is 0.182. The number of carbonyl (C=O) groups is 1. The molecule has 5 heteroatoms. The first-order valence-corrected chi connectivity index (χ1v) is 8.81. The number of nitrogens with zero attached hydrogens (tertiary/aromatic N) is 2. The highest BCUT2D eigenvalue weighted by atomic mass is 16.5. The number of fused-ring (bicyclic) bond motifs is 1. The Kier molecular flexibility index (Phi) is 4.28. The number of aromatic hydroxyl groups is 1. The van der Waals surface area contributed by atoms with Crippen molar-refractivity contribution in [3.63, 3.8) is 0 Å². The molecule has 0 fully saturated rings. The summed E-state index contributed by atoms with van der Waals surface area (Å²) < 4.78 is 5.21. The summed E-state index contributed by atoms with van der Waals surface area (Å²) >= 11 is 0. The number of methoxy groups -OCH3 is 1. The van der Waals surface area contributed by atoms with Crippen LogP contribution in [0.15, 0.2) is 65.8 Å². The lowest BCUT2D eigenvalue weighted by molar-refractivity contribution is -0.130. The van der Waals surface area contributed by atoms with Gasteiger partial charge < -0.3 is 9.84 Å². The third-order valence-electron chi connectivity index (χ3n) is 4.95. The Bertz CT molecular complexity index is 1040. The number of phenols is 1. The van der Waals surface area contributed by atoms with E-state index in [1.807, 2.05) is 60.7 Å². The van der Waals surface area contributed by atoms with Crippen LogP contribution >= 0.6 is 0 Å². The van der Waals surface area contributed by atoms with Gasteiger partial charge in [0.2, 0.25) is 5.91 Å². The zero-order valence-corrected chi connectivity index (χ0v) is 15.2. The first kappa shape index (κ1) is 17.1. The van der Waals surface area contributed by atoms with Gasteiger partial charge in [-0.2, -0.15) is 5.10 Å². The van der Waals surface area contributed by atoms with E-state index in [1.165, 1.54) is 11.9 Å². The van der Waals surface area contributed by atoms with E-state index >= 15 is 0 Å². The number of amides is 1. The topological polar surface area (TPSA) is 62.1 Å². The zero-order valence-electron chi connectivity index (χ0n) is 15.2. The summed E-state index contributed by atoms with van der Waals surface area (Å²) in [6.45, 7) is 1.50. The second kappa shape index (κ2) is 6.76.